The van der Waals surface area contributed by atoms with Crippen molar-refractivity contribution in [1.29, 1.82) is 0 Å². The molecule has 45 heavy (non-hydrogen) atoms. The van der Waals surface area contributed by atoms with Crippen LogP contribution in [-0.2, 0) is 26.1 Å². The van der Waals surface area contributed by atoms with Gasteiger partial charge in [0.2, 0.25) is 11.6 Å². The van der Waals surface area contributed by atoms with Crippen LogP contribution in [-0.4, -0.2) is 21.5 Å². The van der Waals surface area contributed by atoms with E-state index in [2.05, 4.69) is 84.3 Å². The first kappa shape index (κ1) is 35.3. The van der Waals surface area contributed by atoms with Gasteiger partial charge in [-0.15, -0.1) is 22.7 Å². The number of hydrogen-bond donors (Lipinski definition) is 2. The van der Waals surface area contributed by atoms with E-state index in [1.165, 1.54) is 22.7 Å². The van der Waals surface area contributed by atoms with E-state index < -0.39 is 0 Å². The molecular weight excluding hydrogens is 915 g/mol. The van der Waals surface area contributed by atoms with Gasteiger partial charge < -0.3 is 10.6 Å². The van der Waals surface area contributed by atoms with E-state index in [0.717, 1.165) is 41.7 Å². The molecule has 0 unspecified atom stereocenters. The molecule has 0 saturated heterocycles. The van der Waals surface area contributed by atoms with Crippen LogP contribution in [0.25, 0.3) is 22.5 Å². The fourth-order valence-corrected chi connectivity index (χ4v) is 7.71. The molecule has 6 nitrogen and oxygen atoms in total. The second-order valence-electron chi connectivity index (χ2n) is 9.00. The molecule has 0 fully saturated rings. The Morgan fingerprint density at radius 1 is 0.578 bits per heavy atom. The summed E-state index contributed by atoms with van der Waals surface area (Å²) in [6.07, 6.45) is 10.3. The van der Waals surface area contributed by atoms with Crippen LogP contribution < -0.4 is 10.6 Å². The molecule has 0 atom stereocenters. The van der Waals surface area contributed by atoms with Gasteiger partial charge in [-0.05, 0) is 56.2 Å². The number of benzene rings is 2. The molecule has 6 rings (SSSR count). The molecule has 2 aliphatic rings. The summed E-state index contributed by atoms with van der Waals surface area (Å²) in [5.74, 6) is -0.119. The SMILES string of the molecule is O=C1C(Br)=CC(Br)=CC1=CNc1nc(-c2ccccc2)cs1.O=C1C(Br)=CC(Br)=CC1=CNc1nc(-c2ccccc2)cs1.[Ni]. The molecule has 2 aliphatic carbocycles. The van der Waals surface area contributed by atoms with Gasteiger partial charge in [0.25, 0.3) is 0 Å². The van der Waals surface area contributed by atoms with E-state index in [-0.39, 0.29) is 28.1 Å². The smallest absolute Gasteiger partial charge is 0.201 e. The van der Waals surface area contributed by atoms with Crippen LogP contribution in [0.3, 0.4) is 0 Å². The Balaban J connectivity index is 0.000000200. The quantitative estimate of drug-likeness (QED) is 0.148. The third-order valence-corrected chi connectivity index (χ3v) is 9.56. The molecule has 2 N–H and O–H groups in total. The Morgan fingerprint density at radius 2 is 0.956 bits per heavy atom. The van der Waals surface area contributed by atoms with Crippen LogP contribution in [0, 0.1) is 0 Å². The molecule has 0 saturated carbocycles. The van der Waals surface area contributed by atoms with Gasteiger partial charge in [0.15, 0.2) is 10.3 Å². The molecular formula is C32H20Br4N4NiO2S2. The Bertz CT molecular complexity index is 1760. The number of nitrogens with zero attached hydrogens (tertiary/aromatic N) is 2. The molecule has 2 aromatic heterocycles. The van der Waals surface area contributed by atoms with Crippen molar-refractivity contribution >= 4 is 108 Å². The summed E-state index contributed by atoms with van der Waals surface area (Å²) in [7, 11) is 0. The van der Waals surface area contributed by atoms with Gasteiger partial charge >= 0.3 is 0 Å². The van der Waals surface area contributed by atoms with Crippen molar-refractivity contribution in [2.45, 2.75) is 0 Å². The van der Waals surface area contributed by atoms with E-state index in [4.69, 9.17) is 0 Å². The van der Waals surface area contributed by atoms with Crippen LogP contribution >= 0.6 is 86.4 Å². The minimum atomic E-state index is -0.0597. The largest absolute Gasteiger partial charge is 0.337 e. The fraction of sp³-hybridized carbons (Fsp3) is 0. The number of carbonyl (C=O) groups is 2. The fourth-order valence-electron chi connectivity index (χ4n) is 3.82. The van der Waals surface area contributed by atoms with Crippen molar-refractivity contribution in [1.82, 2.24) is 9.97 Å². The van der Waals surface area contributed by atoms with Gasteiger partial charge in [-0.25, -0.2) is 9.97 Å². The Kier molecular flexibility index (Phi) is 13.3. The summed E-state index contributed by atoms with van der Waals surface area (Å²) in [6, 6.07) is 20.0. The number of anilines is 2. The average molecular weight is 935 g/mol. The number of ketones is 2. The first-order valence-electron chi connectivity index (χ1n) is 12.8. The maximum absolute atomic E-state index is 12.0. The molecule has 2 heterocycles. The van der Waals surface area contributed by atoms with Crippen LogP contribution in [0.2, 0.25) is 0 Å². The van der Waals surface area contributed by atoms with Gasteiger partial charge in [0.1, 0.15) is 0 Å². The molecule has 230 valence electrons. The standard InChI is InChI=1S/2C16H10Br2N2OS.Ni/c2*17-12-6-11(15(21)13(18)7-12)8-19-16-20-14(9-22-16)10-4-2-1-3-5-10;/h2*1-9H,(H,19,20);. The molecule has 2 aromatic carbocycles. The Hall–Kier alpha value is -2.51. The van der Waals surface area contributed by atoms with E-state index in [9.17, 15) is 9.59 Å². The Labute approximate surface area is 311 Å². The topological polar surface area (TPSA) is 84.0 Å². The first-order valence-corrected chi connectivity index (χ1v) is 17.7. The zero-order valence-electron chi connectivity index (χ0n) is 22.7. The van der Waals surface area contributed by atoms with E-state index >= 15 is 0 Å². The minimum absolute atomic E-state index is 0. The number of carbonyl (C=O) groups excluding carboxylic acids is 2. The van der Waals surface area contributed by atoms with E-state index in [1.54, 1.807) is 36.7 Å². The van der Waals surface area contributed by atoms with Crippen molar-refractivity contribution in [3.8, 4) is 22.5 Å². The van der Waals surface area contributed by atoms with Crippen molar-refractivity contribution in [3.63, 3.8) is 0 Å². The van der Waals surface area contributed by atoms with Gasteiger partial charge in [-0.2, -0.15) is 0 Å². The number of allylic oxidation sites excluding steroid dienone is 10. The minimum Gasteiger partial charge on any atom is -0.337 e. The maximum Gasteiger partial charge on any atom is 0.201 e. The van der Waals surface area contributed by atoms with Crippen molar-refractivity contribution in [3.05, 3.63) is 137 Å². The third kappa shape index (κ3) is 9.75. The van der Waals surface area contributed by atoms with Crippen molar-refractivity contribution in [2.75, 3.05) is 10.6 Å². The van der Waals surface area contributed by atoms with Crippen LogP contribution in [0.15, 0.2) is 137 Å². The molecule has 0 radical (unpaired) electrons. The monoisotopic (exact) mass is 930 g/mol. The second kappa shape index (κ2) is 16.9. The zero-order chi connectivity index (χ0) is 31.1. The molecule has 0 spiro atoms. The number of hydrogen-bond acceptors (Lipinski definition) is 8. The first-order chi connectivity index (χ1) is 21.3. The molecule has 0 bridgehead atoms. The predicted octanol–water partition coefficient (Wildman–Crippen LogP) is 10.5. The normalized spacial score (nSPS) is 16.1. The third-order valence-electron chi connectivity index (χ3n) is 5.92. The Morgan fingerprint density at radius 3 is 1.33 bits per heavy atom. The van der Waals surface area contributed by atoms with E-state index in [0.29, 0.717) is 20.1 Å². The average Bonchev–Trinajstić information content (AvgIpc) is 3.71. The van der Waals surface area contributed by atoms with Gasteiger partial charge in [0.05, 0.1) is 20.4 Å². The summed E-state index contributed by atoms with van der Waals surface area (Å²) in [5, 5.41) is 11.6. The van der Waals surface area contributed by atoms with Crippen LogP contribution in [0.5, 0.6) is 0 Å². The number of nitrogens with one attached hydrogen (secondary N) is 2. The number of aromatic nitrogens is 2. The van der Waals surface area contributed by atoms with Crippen LogP contribution in [0.1, 0.15) is 0 Å². The number of Topliss-reactive ketones (excluding diaryl/α,β-unsaturated/α-hetero) is 2. The predicted molar refractivity (Wildman–Crippen MR) is 197 cm³/mol. The van der Waals surface area contributed by atoms with Gasteiger partial charge in [0, 0.05) is 70.9 Å². The van der Waals surface area contributed by atoms with Crippen molar-refractivity contribution < 1.29 is 26.1 Å². The summed E-state index contributed by atoms with van der Waals surface area (Å²) in [4.78, 5) is 33.1. The maximum atomic E-state index is 12.0. The number of thiazole rings is 2. The van der Waals surface area contributed by atoms with Gasteiger partial charge in [-0.1, -0.05) is 92.5 Å². The second-order valence-corrected chi connectivity index (χ2v) is 14.3. The molecule has 13 heteroatoms. The summed E-state index contributed by atoms with van der Waals surface area (Å²) in [6.45, 7) is 0. The van der Waals surface area contributed by atoms with E-state index in [1.807, 2.05) is 71.4 Å². The number of halogens is 4. The molecule has 0 amide bonds. The molecule has 0 aliphatic heterocycles. The summed E-state index contributed by atoms with van der Waals surface area (Å²) < 4.78 is 2.74. The molecule has 4 aromatic rings. The number of rotatable bonds is 6. The van der Waals surface area contributed by atoms with Gasteiger partial charge in [-0.3, -0.25) is 9.59 Å². The zero-order valence-corrected chi connectivity index (χ0v) is 31.7. The van der Waals surface area contributed by atoms with Crippen LogP contribution in [0.4, 0.5) is 10.3 Å². The summed E-state index contributed by atoms with van der Waals surface area (Å²) in [5.41, 5.74) is 5.11. The summed E-state index contributed by atoms with van der Waals surface area (Å²) >= 11 is 16.3. The van der Waals surface area contributed by atoms with Crippen molar-refractivity contribution in [2.24, 2.45) is 0 Å².